The number of fused-ring (bicyclic) bond motifs is 3. The summed E-state index contributed by atoms with van der Waals surface area (Å²) in [6.07, 6.45) is 13.3. The van der Waals surface area contributed by atoms with Gasteiger partial charge in [-0.1, -0.05) is 39.0 Å². The van der Waals surface area contributed by atoms with Crippen molar-refractivity contribution < 1.29 is 18.3 Å². The molecule has 2 aromatic carbocycles. The molecule has 2 fully saturated rings. The maximum Gasteiger partial charge on any atom is 0.182 e. The van der Waals surface area contributed by atoms with Crippen molar-refractivity contribution >= 4 is 31.5 Å². The van der Waals surface area contributed by atoms with Crippen LogP contribution in [0, 0.1) is 29.4 Å². The largest absolute Gasteiger partial charge is 0.490 e. The van der Waals surface area contributed by atoms with Crippen molar-refractivity contribution in [2.75, 3.05) is 13.2 Å². The first-order chi connectivity index (χ1) is 16.6. The van der Waals surface area contributed by atoms with Gasteiger partial charge in [0, 0.05) is 16.7 Å². The highest BCUT2D eigenvalue weighted by atomic mass is 32.1. The molecule has 0 saturated heterocycles. The van der Waals surface area contributed by atoms with Gasteiger partial charge in [0.2, 0.25) is 0 Å². The van der Waals surface area contributed by atoms with E-state index in [1.54, 1.807) is 12.1 Å². The summed E-state index contributed by atoms with van der Waals surface area (Å²) in [5, 5.41) is 1.46. The Labute approximate surface area is 205 Å². The fourth-order valence-corrected chi connectivity index (χ4v) is 6.76. The van der Waals surface area contributed by atoms with Gasteiger partial charge < -0.3 is 9.47 Å². The molecular weight excluding hydrogens is 450 g/mol. The number of hydrogen-bond acceptors (Lipinski definition) is 3. The molecular formula is C29H35F2O2S. The van der Waals surface area contributed by atoms with Crippen molar-refractivity contribution in [3.05, 3.63) is 41.8 Å². The van der Waals surface area contributed by atoms with E-state index in [9.17, 15) is 0 Å². The Morgan fingerprint density at radius 2 is 1.44 bits per heavy atom. The van der Waals surface area contributed by atoms with Crippen LogP contribution < -0.4 is 9.47 Å². The fraction of sp³-hybridized carbons (Fsp3) is 0.552. The SMILES string of the molecule is CCCCC1CC[C](COc2ccc3c(sc4c(F)c(OCC5CCCC5)ccc43)c2F)CC1. The monoisotopic (exact) mass is 485 g/mol. The highest BCUT2D eigenvalue weighted by Gasteiger charge is 2.24. The molecule has 0 unspecified atom stereocenters. The van der Waals surface area contributed by atoms with Crippen LogP contribution in [0.1, 0.15) is 77.6 Å². The molecule has 2 saturated carbocycles. The average molecular weight is 486 g/mol. The van der Waals surface area contributed by atoms with Crippen LogP contribution in [-0.4, -0.2) is 13.2 Å². The van der Waals surface area contributed by atoms with Crippen LogP contribution in [-0.2, 0) is 0 Å². The third-order valence-corrected chi connectivity index (χ3v) is 8.98. The van der Waals surface area contributed by atoms with Crippen LogP contribution in [0.2, 0.25) is 0 Å². The zero-order chi connectivity index (χ0) is 23.5. The van der Waals surface area contributed by atoms with E-state index < -0.39 is 0 Å². The van der Waals surface area contributed by atoms with E-state index >= 15 is 8.78 Å². The Morgan fingerprint density at radius 3 is 2.06 bits per heavy atom. The second kappa shape index (κ2) is 10.8. The lowest BCUT2D eigenvalue weighted by molar-refractivity contribution is 0.243. The van der Waals surface area contributed by atoms with Crippen molar-refractivity contribution in [2.24, 2.45) is 11.8 Å². The predicted molar refractivity (Wildman–Crippen MR) is 137 cm³/mol. The molecule has 2 aliphatic rings. The summed E-state index contributed by atoms with van der Waals surface area (Å²) in [7, 11) is 0. The third-order valence-electron chi connectivity index (χ3n) is 7.78. The standard InChI is InChI=1S/C29H35F2O2S/c1-2-3-6-19-9-11-21(12-10-19)18-33-25-16-14-23-22-13-15-24(32-17-20-7-4-5-8-20)26(30)28(22)34-29(23)27(25)31/h13-16,19-20H,2-12,17-18H2,1H3. The van der Waals surface area contributed by atoms with Gasteiger partial charge in [0.15, 0.2) is 23.1 Å². The summed E-state index contributed by atoms with van der Waals surface area (Å²) in [4.78, 5) is 0. The molecule has 0 amide bonds. The van der Waals surface area contributed by atoms with E-state index in [0.717, 1.165) is 53.7 Å². The first-order valence-electron chi connectivity index (χ1n) is 13.1. The van der Waals surface area contributed by atoms with Gasteiger partial charge in [0.25, 0.3) is 0 Å². The number of halogens is 2. The van der Waals surface area contributed by atoms with E-state index in [-0.39, 0.29) is 23.1 Å². The number of ether oxygens (including phenoxy) is 2. The van der Waals surface area contributed by atoms with Crippen LogP contribution in [0.5, 0.6) is 11.5 Å². The summed E-state index contributed by atoms with van der Waals surface area (Å²) in [5.74, 6) is 2.49. The van der Waals surface area contributed by atoms with Crippen molar-refractivity contribution in [3.8, 4) is 11.5 Å². The predicted octanol–water partition coefficient (Wildman–Crippen LogP) is 9.24. The third kappa shape index (κ3) is 5.05. The smallest absolute Gasteiger partial charge is 0.182 e. The molecule has 183 valence electrons. The van der Waals surface area contributed by atoms with Gasteiger partial charge in [-0.2, -0.15) is 0 Å². The molecule has 1 heterocycles. The van der Waals surface area contributed by atoms with E-state index in [0.29, 0.717) is 28.5 Å². The quantitative estimate of drug-likeness (QED) is 0.301. The maximum absolute atomic E-state index is 15.4. The van der Waals surface area contributed by atoms with E-state index in [4.69, 9.17) is 9.47 Å². The molecule has 2 aliphatic carbocycles. The van der Waals surface area contributed by atoms with Crippen molar-refractivity contribution in [2.45, 2.75) is 77.6 Å². The molecule has 5 heteroatoms. The van der Waals surface area contributed by atoms with Crippen LogP contribution in [0.15, 0.2) is 24.3 Å². The summed E-state index contributed by atoms with van der Waals surface area (Å²) in [6, 6.07) is 7.10. The minimum Gasteiger partial charge on any atom is -0.490 e. The lowest BCUT2D eigenvalue weighted by Gasteiger charge is -2.28. The number of unbranched alkanes of at least 4 members (excludes halogenated alkanes) is 1. The molecule has 0 aliphatic heterocycles. The average Bonchev–Trinajstić information content (AvgIpc) is 3.51. The highest BCUT2D eigenvalue weighted by Crippen LogP contribution is 2.42. The van der Waals surface area contributed by atoms with Gasteiger partial charge in [-0.15, -0.1) is 11.3 Å². The second-order valence-corrected chi connectivity index (χ2v) is 11.2. The summed E-state index contributed by atoms with van der Waals surface area (Å²) >= 11 is 1.15. The maximum atomic E-state index is 15.4. The highest BCUT2D eigenvalue weighted by molar-refractivity contribution is 7.25. The molecule has 1 aromatic heterocycles. The van der Waals surface area contributed by atoms with Crippen LogP contribution in [0.25, 0.3) is 20.2 Å². The number of hydrogen-bond donors (Lipinski definition) is 0. The molecule has 2 nitrogen and oxygen atoms in total. The van der Waals surface area contributed by atoms with E-state index in [2.05, 4.69) is 6.92 Å². The molecule has 1 radical (unpaired) electrons. The normalized spacial score (nSPS) is 18.3. The summed E-state index contributed by atoms with van der Waals surface area (Å²) in [6.45, 7) is 3.27. The van der Waals surface area contributed by atoms with Gasteiger partial charge in [0.1, 0.15) is 0 Å². The topological polar surface area (TPSA) is 18.5 Å². The number of benzene rings is 2. The van der Waals surface area contributed by atoms with Crippen LogP contribution >= 0.6 is 11.3 Å². The lowest BCUT2D eigenvalue weighted by atomic mass is 9.80. The van der Waals surface area contributed by atoms with Gasteiger partial charge >= 0.3 is 0 Å². The van der Waals surface area contributed by atoms with Gasteiger partial charge in [0.05, 0.1) is 22.6 Å². The Kier molecular flexibility index (Phi) is 7.58. The van der Waals surface area contributed by atoms with E-state index in [1.165, 1.54) is 50.9 Å². The Morgan fingerprint density at radius 1 is 0.824 bits per heavy atom. The minimum absolute atomic E-state index is 0.262. The summed E-state index contributed by atoms with van der Waals surface area (Å²) < 4.78 is 43.3. The van der Waals surface area contributed by atoms with Crippen molar-refractivity contribution in [1.29, 1.82) is 0 Å². The number of rotatable bonds is 9. The molecule has 34 heavy (non-hydrogen) atoms. The van der Waals surface area contributed by atoms with Crippen molar-refractivity contribution in [1.82, 2.24) is 0 Å². The van der Waals surface area contributed by atoms with Gasteiger partial charge in [-0.05, 0) is 74.6 Å². The van der Waals surface area contributed by atoms with Crippen LogP contribution in [0.3, 0.4) is 0 Å². The first-order valence-corrected chi connectivity index (χ1v) is 13.9. The molecule has 5 rings (SSSR count). The second-order valence-electron chi connectivity index (χ2n) is 10.2. The Balaban J connectivity index is 1.27. The zero-order valence-corrected chi connectivity index (χ0v) is 21.0. The first kappa shape index (κ1) is 23.8. The van der Waals surface area contributed by atoms with Gasteiger partial charge in [-0.3, -0.25) is 0 Å². The molecule has 0 N–H and O–H groups in total. The molecule has 0 bridgehead atoms. The minimum atomic E-state index is -0.385. The van der Waals surface area contributed by atoms with Gasteiger partial charge in [-0.25, -0.2) is 8.78 Å². The lowest BCUT2D eigenvalue weighted by Crippen LogP contribution is -2.18. The van der Waals surface area contributed by atoms with Crippen molar-refractivity contribution in [3.63, 3.8) is 0 Å². The number of thiophene rings is 1. The Bertz CT molecular complexity index is 1110. The molecule has 0 atom stereocenters. The Hall–Kier alpha value is -1.88. The summed E-state index contributed by atoms with van der Waals surface area (Å²) in [5.41, 5.74) is 0. The van der Waals surface area contributed by atoms with E-state index in [1.807, 2.05) is 12.1 Å². The van der Waals surface area contributed by atoms with Crippen LogP contribution in [0.4, 0.5) is 8.78 Å². The fourth-order valence-electron chi connectivity index (χ4n) is 5.60. The molecule has 0 spiro atoms. The molecule has 3 aromatic rings. The zero-order valence-electron chi connectivity index (χ0n) is 20.1.